The minimum atomic E-state index is -2.97. The van der Waals surface area contributed by atoms with Crippen LogP contribution in [0.2, 0.25) is 0 Å². The summed E-state index contributed by atoms with van der Waals surface area (Å²) < 4.78 is 65.4. The molecule has 0 saturated heterocycles. The molecule has 0 fully saturated rings. The summed E-state index contributed by atoms with van der Waals surface area (Å²) in [7, 11) is -7.82. The van der Waals surface area contributed by atoms with Crippen molar-refractivity contribution in [2.45, 2.75) is 166 Å². The molecular weight excluding hydrogens is 1260 g/mol. The van der Waals surface area contributed by atoms with Gasteiger partial charge in [0.05, 0.1) is 11.5 Å². The van der Waals surface area contributed by atoms with Crippen molar-refractivity contribution in [2.75, 3.05) is 17.3 Å². The molecule has 15 heteroatoms. The van der Waals surface area contributed by atoms with Gasteiger partial charge in [-0.2, -0.15) is 19.3 Å². The maximum atomic E-state index is 11.6. The summed E-state index contributed by atoms with van der Waals surface area (Å²) >= 11 is 0. The Bertz CT molecular complexity index is 1830. The van der Waals surface area contributed by atoms with Gasteiger partial charge >= 0.3 is 0 Å². The molecule has 6 nitrogen and oxygen atoms in total. The Hall–Kier alpha value is 3.82. The molecule has 0 N–H and O–H groups in total. The van der Waals surface area contributed by atoms with Gasteiger partial charge in [-0.05, 0) is 72.9 Å². The fourth-order valence-electron chi connectivity index (χ4n) is 5.26. The predicted molar refractivity (Wildman–Crippen MR) is 299 cm³/mol. The van der Waals surface area contributed by atoms with E-state index < -0.39 is 30.4 Å². The zero-order valence-electron chi connectivity index (χ0n) is 46.4. The fourth-order valence-corrected chi connectivity index (χ4v) is 8.06. The van der Waals surface area contributed by atoms with E-state index in [0.717, 1.165) is 43.2 Å². The third-order valence-electron chi connectivity index (χ3n) is 8.31. The first-order valence-corrected chi connectivity index (χ1v) is 28.1. The zero-order chi connectivity index (χ0) is 49.1. The van der Waals surface area contributed by atoms with Crippen molar-refractivity contribution in [3.05, 3.63) is 177 Å². The summed E-state index contributed by atoms with van der Waals surface area (Å²) in [5, 5.41) is 0. The molecule has 0 aromatic heterocycles. The van der Waals surface area contributed by atoms with Gasteiger partial charge in [-0.3, -0.25) is 0 Å². The van der Waals surface area contributed by atoms with Crippen molar-refractivity contribution in [1.82, 2.24) is 0 Å². The van der Waals surface area contributed by atoms with E-state index in [2.05, 4.69) is 111 Å². The molecule has 3 radical (unpaired) electrons. The number of benzene rings is 4. The molecule has 4 aromatic rings. The van der Waals surface area contributed by atoms with Gasteiger partial charge in [0.1, 0.15) is 0 Å². The Kier molecular flexibility index (Phi) is 112. The van der Waals surface area contributed by atoms with E-state index in [-0.39, 0.29) is 262 Å². The van der Waals surface area contributed by atoms with E-state index in [1.165, 1.54) is 46.2 Å². The van der Waals surface area contributed by atoms with Gasteiger partial charge in [-0.1, -0.05) is 221 Å². The number of aryl methyl sites for hydroxylation is 6. The van der Waals surface area contributed by atoms with Crippen LogP contribution in [0.1, 0.15) is 160 Å². The van der Waals surface area contributed by atoms with E-state index in [1.807, 2.05) is 90.1 Å². The van der Waals surface area contributed by atoms with Crippen molar-refractivity contribution in [1.29, 1.82) is 0 Å². The van der Waals surface area contributed by atoms with Gasteiger partial charge in [0, 0.05) is 223 Å². The number of rotatable bonds is 17. The molecule has 0 amide bonds. The molecule has 0 heterocycles. The first kappa shape index (κ1) is 108. The first-order valence-electron chi connectivity index (χ1n) is 23.2. The molecule has 0 spiro atoms. The zero-order valence-corrected chi connectivity index (χ0v) is 59.5. The van der Waals surface area contributed by atoms with Crippen LogP contribution in [0.4, 0.5) is 0 Å². The topological polar surface area (TPSA) is 102 Å². The molecule has 0 bridgehead atoms. The van der Waals surface area contributed by atoms with Crippen LogP contribution in [0.15, 0.2) is 97.1 Å². The third kappa shape index (κ3) is 68.1. The Labute approximate surface area is 616 Å². The first-order chi connectivity index (χ1) is 30.1. The Morgan fingerprint density at radius 2 is 0.639 bits per heavy atom. The van der Waals surface area contributed by atoms with E-state index in [4.69, 9.17) is 0 Å². The second kappa shape index (κ2) is 74.8. The van der Waals surface area contributed by atoms with E-state index in [0.29, 0.717) is 19.3 Å². The molecule has 0 aliphatic heterocycles. The van der Waals surface area contributed by atoms with Crippen molar-refractivity contribution >= 4 is 30.4 Å². The van der Waals surface area contributed by atoms with E-state index in [1.54, 1.807) is 0 Å². The van der Waals surface area contributed by atoms with Crippen LogP contribution >= 0.6 is 0 Å². The van der Waals surface area contributed by atoms with Crippen molar-refractivity contribution in [3.63, 3.8) is 0 Å². The molecule has 72 heavy (non-hydrogen) atoms. The second-order valence-electron chi connectivity index (χ2n) is 14.0. The van der Waals surface area contributed by atoms with Crippen molar-refractivity contribution in [2.24, 2.45) is 0 Å². The van der Waals surface area contributed by atoms with E-state index >= 15 is 0 Å². The SMILES string of the molecule is C.CC.CC.CC.CCCc1ccc(C)cc1.CCc1ccc(C)cc1.[Ar].[Ar].[Ar].[CH2-]CCS(=O)(=O)Cc1ccc(CCC)cc1.[CH2-]CCS(=O)(=O)Cc1ccc(CCC)cc1.[CH2-]CC[S-](=O)=O.[CH3-].[CH3-].[Y].[Y].[Y]. The van der Waals surface area contributed by atoms with Gasteiger partial charge in [-0.15, -0.1) is 0 Å². The maximum absolute atomic E-state index is 11.6. The molecule has 0 atom stereocenters. The number of hydrogen-bond donors (Lipinski definition) is 0. The Morgan fingerprint density at radius 3 is 0.819 bits per heavy atom. The van der Waals surface area contributed by atoms with Crippen molar-refractivity contribution < 1.29 is 237 Å². The van der Waals surface area contributed by atoms with Crippen LogP contribution < -0.4 is 0 Å². The minimum Gasteiger partial charge on any atom is -0.424 e. The Balaban J connectivity index is -0.0000000533. The van der Waals surface area contributed by atoms with Gasteiger partial charge in [0.15, 0.2) is 19.7 Å². The van der Waals surface area contributed by atoms with Gasteiger partial charge in [0.25, 0.3) is 0 Å². The maximum Gasteiger partial charge on any atom is 0.151 e. The third-order valence-corrected chi connectivity index (χ3v) is 12.3. The number of hydrogen-bond acceptors (Lipinski definition) is 7. The summed E-state index contributed by atoms with van der Waals surface area (Å²) in [6, 6.07) is 33.1. The molecule has 0 aliphatic rings. The van der Waals surface area contributed by atoms with Crippen molar-refractivity contribution in [3.8, 4) is 0 Å². The van der Waals surface area contributed by atoms with Crippen LogP contribution in [0.25, 0.3) is 0 Å². The summed E-state index contributed by atoms with van der Waals surface area (Å²) in [5.74, 6) is 0.789. The monoisotopic (exact) mass is 1360 g/mol. The largest absolute Gasteiger partial charge is 0.424 e. The van der Waals surface area contributed by atoms with Gasteiger partial charge < -0.3 is 44.0 Å². The van der Waals surface area contributed by atoms with E-state index in [9.17, 15) is 25.3 Å². The number of sulfone groups is 2. The average Bonchev–Trinajstić information content (AvgIpc) is 3.26. The minimum absolute atomic E-state index is 0. The predicted octanol–water partition coefficient (Wildman–Crippen LogP) is 16.2. The second-order valence-corrected chi connectivity index (χ2v) is 19.3. The summed E-state index contributed by atoms with van der Waals surface area (Å²) in [6.07, 6.45) is 9.25. The smallest absolute Gasteiger partial charge is 0.151 e. The quantitative estimate of drug-likeness (QED) is 0.0771. The molecule has 0 saturated carbocycles. The molecular formula is C57H98Ar3O6S3Y3-6. The van der Waals surface area contributed by atoms with Crippen LogP contribution in [0.5, 0.6) is 0 Å². The summed E-state index contributed by atoms with van der Waals surface area (Å²) in [5.41, 5.74) is 9.82. The Morgan fingerprint density at radius 1 is 0.417 bits per heavy atom. The molecule has 4 rings (SSSR count). The standard InChI is InChI=1S/2C13H19O2S.C10H14.C9H12.C3H6O2S.3C2H6.CH4.2CH3.3Ar.3Y/c2*1-3-5-12-6-8-13(9-7-12)11-16(14,15)10-4-2;1-3-4-10-7-5-9(2)6-8-10;1-3-9-6-4-8(2)5-7-9;1-2-3-6(4)5;3*1-2;;;;;;;;;/h2*6-9H,2-5,10-11H2,1H3;5-8H,3-4H2,1-2H3;4-7H,3H2,1-2H3;1-3H2;3*1-2H3;1H4;2*1H3;;;;;;/q2*-1;;;-2;;;;;2*-1;;;;;;. The summed E-state index contributed by atoms with van der Waals surface area (Å²) in [4.78, 5) is 0. The van der Waals surface area contributed by atoms with Gasteiger partial charge in [-0.25, -0.2) is 16.8 Å². The van der Waals surface area contributed by atoms with Crippen LogP contribution in [0, 0.1) is 163 Å². The molecule has 0 aliphatic carbocycles. The molecule has 0 unspecified atom stereocenters. The molecule has 419 valence electrons. The summed E-state index contributed by atoms with van der Waals surface area (Å²) in [6.45, 7) is 35.4. The fraction of sp³-hybridized carbons (Fsp3) is 0.491. The average molecular weight is 1360 g/mol. The van der Waals surface area contributed by atoms with Crippen LogP contribution in [-0.2, 0) is 174 Å². The van der Waals surface area contributed by atoms with Crippen LogP contribution in [0.3, 0.4) is 0 Å². The van der Waals surface area contributed by atoms with Gasteiger partial charge in [0.2, 0.25) is 0 Å². The normalized spacial score (nSPS) is 8.78. The van der Waals surface area contributed by atoms with Crippen LogP contribution in [-0.4, -0.2) is 34.1 Å². The molecule has 4 aromatic carbocycles.